The average molecular weight is 343 g/mol. The molecule has 1 N–H and O–H groups in total. The van der Waals surface area contributed by atoms with Gasteiger partial charge in [-0.3, -0.25) is 0 Å². The van der Waals surface area contributed by atoms with E-state index in [4.69, 9.17) is 16.3 Å². The van der Waals surface area contributed by atoms with Crippen LogP contribution in [0.1, 0.15) is 10.6 Å². The van der Waals surface area contributed by atoms with Crippen molar-refractivity contribution in [1.29, 1.82) is 5.26 Å². The Morgan fingerprint density at radius 3 is 2.83 bits per heavy atom. The summed E-state index contributed by atoms with van der Waals surface area (Å²) < 4.78 is 6.02. The van der Waals surface area contributed by atoms with Gasteiger partial charge in [0.25, 0.3) is 0 Å². The molecule has 1 heterocycles. The number of ether oxygens (including phenoxy) is 1. The normalized spacial score (nSPS) is 11.4. The van der Waals surface area contributed by atoms with Crippen LogP contribution in [0.3, 0.4) is 0 Å². The number of allylic oxidation sites excluding steroid dienone is 1. The van der Waals surface area contributed by atoms with Crippen LogP contribution in [-0.4, -0.2) is 17.2 Å². The van der Waals surface area contributed by atoms with Crippen LogP contribution in [0.25, 0.3) is 21.9 Å². The minimum absolute atomic E-state index is 0.0761. The Morgan fingerprint density at radius 2 is 2.17 bits per heavy atom. The topological polar surface area (TPSA) is 66.1 Å². The lowest BCUT2D eigenvalue weighted by Crippen LogP contribution is -1.87. The third-order valence-electron chi connectivity index (χ3n) is 3.21. The zero-order chi connectivity index (χ0) is 16.4. The molecule has 0 saturated heterocycles. The standard InChI is InChI=1S/C17H11ClN2O2S/c1-22-16-12(18)7-10(8-14(16)21)6-11(9-19)17-20-13-4-2-3-5-15(13)23-17/h2-8,21H,1H3/b11-6-. The van der Waals surface area contributed by atoms with E-state index in [2.05, 4.69) is 11.1 Å². The van der Waals surface area contributed by atoms with Gasteiger partial charge in [0, 0.05) is 0 Å². The highest BCUT2D eigenvalue weighted by Crippen LogP contribution is 2.36. The van der Waals surface area contributed by atoms with Crippen molar-refractivity contribution in [3.05, 3.63) is 52.0 Å². The summed E-state index contributed by atoms with van der Waals surface area (Å²) in [4.78, 5) is 4.47. The van der Waals surface area contributed by atoms with Gasteiger partial charge in [-0.05, 0) is 35.9 Å². The molecule has 114 valence electrons. The first-order valence-electron chi connectivity index (χ1n) is 6.66. The molecule has 0 aliphatic heterocycles. The first-order chi connectivity index (χ1) is 11.1. The largest absolute Gasteiger partial charge is 0.504 e. The molecule has 23 heavy (non-hydrogen) atoms. The van der Waals surface area contributed by atoms with E-state index in [0.717, 1.165) is 10.2 Å². The van der Waals surface area contributed by atoms with Gasteiger partial charge in [-0.1, -0.05) is 23.7 Å². The molecule has 0 unspecified atom stereocenters. The van der Waals surface area contributed by atoms with Gasteiger partial charge < -0.3 is 9.84 Å². The highest BCUT2D eigenvalue weighted by molar-refractivity contribution is 7.19. The third-order valence-corrected chi connectivity index (χ3v) is 4.56. The molecule has 0 atom stereocenters. The van der Waals surface area contributed by atoms with Gasteiger partial charge in [0.1, 0.15) is 11.1 Å². The molecule has 0 amide bonds. The van der Waals surface area contributed by atoms with E-state index in [1.807, 2.05) is 24.3 Å². The minimum atomic E-state index is -0.0761. The number of para-hydroxylation sites is 1. The van der Waals surface area contributed by atoms with Crippen LogP contribution in [0.2, 0.25) is 5.02 Å². The second-order valence-corrected chi connectivity index (χ2v) is 6.15. The van der Waals surface area contributed by atoms with Gasteiger partial charge >= 0.3 is 0 Å². The zero-order valence-corrected chi connectivity index (χ0v) is 13.6. The number of aromatic hydroxyl groups is 1. The van der Waals surface area contributed by atoms with E-state index in [1.165, 1.54) is 24.5 Å². The fourth-order valence-electron chi connectivity index (χ4n) is 2.18. The number of phenolic OH excluding ortho intramolecular Hbond substituents is 1. The Morgan fingerprint density at radius 1 is 1.39 bits per heavy atom. The summed E-state index contributed by atoms with van der Waals surface area (Å²) in [5.41, 5.74) is 1.86. The number of methoxy groups -OCH3 is 1. The number of rotatable bonds is 3. The van der Waals surface area contributed by atoms with Crippen LogP contribution in [0.4, 0.5) is 0 Å². The van der Waals surface area contributed by atoms with Gasteiger partial charge in [-0.25, -0.2) is 4.98 Å². The number of halogens is 1. The lowest BCUT2D eigenvalue weighted by atomic mass is 10.1. The summed E-state index contributed by atoms with van der Waals surface area (Å²) in [6.07, 6.45) is 1.64. The fourth-order valence-corrected chi connectivity index (χ4v) is 3.41. The molecule has 0 fully saturated rings. The maximum atomic E-state index is 9.91. The first-order valence-corrected chi connectivity index (χ1v) is 7.86. The van der Waals surface area contributed by atoms with Gasteiger partial charge in [0.2, 0.25) is 0 Å². The Hall–Kier alpha value is -2.55. The highest BCUT2D eigenvalue weighted by atomic mass is 35.5. The predicted octanol–water partition coefficient (Wildman–Crippen LogP) is 4.73. The number of phenols is 1. The molecular weight excluding hydrogens is 332 g/mol. The second kappa shape index (κ2) is 6.29. The number of nitrogens with zero attached hydrogens (tertiary/aromatic N) is 2. The van der Waals surface area contributed by atoms with Gasteiger partial charge in [0.15, 0.2) is 11.5 Å². The number of hydrogen-bond acceptors (Lipinski definition) is 5. The van der Waals surface area contributed by atoms with Gasteiger partial charge in [-0.2, -0.15) is 5.26 Å². The monoisotopic (exact) mass is 342 g/mol. The summed E-state index contributed by atoms with van der Waals surface area (Å²) in [5.74, 6) is 0.134. The molecule has 0 aliphatic carbocycles. The Bertz CT molecular complexity index is 901. The maximum absolute atomic E-state index is 9.91. The maximum Gasteiger partial charge on any atom is 0.179 e. The van der Waals surface area contributed by atoms with Crippen molar-refractivity contribution in [3.8, 4) is 17.6 Å². The Balaban J connectivity index is 2.07. The van der Waals surface area contributed by atoms with Crippen molar-refractivity contribution < 1.29 is 9.84 Å². The molecule has 0 bridgehead atoms. The fraction of sp³-hybridized carbons (Fsp3) is 0.0588. The molecule has 0 spiro atoms. The minimum Gasteiger partial charge on any atom is -0.504 e. The van der Waals surface area contributed by atoms with Crippen molar-refractivity contribution in [2.24, 2.45) is 0 Å². The van der Waals surface area contributed by atoms with Crippen LogP contribution in [0, 0.1) is 11.3 Å². The molecule has 2 aromatic carbocycles. The van der Waals surface area contributed by atoms with Crippen molar-refractivity contribution in [3.63, 3.8) is 0 Å². The molecule has 1 aromatic heterocycles. The summed E-state index contributed by atoms with van der Waals surface area (Å²) in [5, 5.41) is 20.2. The van der Waals surface area contributed by atoms with Gasteiger partial charge in [0.05, 0.1) is 27.9 Å². The first kappa shape index (κ1) is 15.3. The van der Waals surface area contributed by atoms with Crippen LogP contribution >= 0.6 is 22.9 Å². The van der Waals surface area contributed by atoms with Crippen LogP contribution in [0.15, 0.2) is 36.4 Å². The molecular formula is C17H11ClN2O2S. The third kappa shape index (κ3) is 3.00. The van der Waals surface area contributed by atoms with E-state index in [9.17, 15) is 10.4 Å². The Labute approximate surface area is 141 Å². The van der Waals surface area contributed by atoms with E-state index >= 15 is 0 Å². The van der Waals surface area contributed by atoms with Crippen molar-refractivity contribution in [2.75, 3.05) is 7.11 Å². The van der Waals surface area contributed by atoms with E-state index in [0.29, 0.717) is 16.1 Å². The highest BCUT2D eigenvalue weighted by Gasteiger charge is 2.11. The van der Waals surface area contributed by atoms with E-state index in [1.54, 1.807) is 12.1 Å². The molecule has 0 radical (unpaired) electrons. The number of nitriles is 1. The molecule has 0 aliphatic rings. The smallest absolute Gasteiger partial charge is 0.179 e. The summed E-state index contributed by atoms with van der Waals surface area (Å²) in [6.45, 7) is 0. The van der Waals surface area contributed by atoms with E-state index < -0.39 is 0 Å². The number of hydrogen-bond donors (Lipinski definition) is 1. The molecule has 4 nitrogen and oxygen atoms in total. The second-order valence-electron chi connectivity index (χ2n) is 4.71. The van der Waals surface area contributed by atoms with Crippen molar-refractivity contribution in [2.45, 2.75) is 0 Å². The summed E-state index contributed by atoms with van der Waals surface area (Å²) >= 11 is 7.50. The summed E-state index contributed by atoms with van der Waals surface area (Å²) in [6, 6.07) is 13.0. The van der Waals surface area contributed by atoms with Gasteiger partial charge in [-0.15, -0.1) is 11.3 Å². The zero-order valence-electron chi connectivity index (χ0n) is 12.1. The number of thiazole rings is 1. The molecule has 3 aromatic rings. The number of benzene rings is 2. The Kier molecular flexibility index (Phi) is 4.20. The van der Waals surface area contributed by atoms with Crippen LogP contribution < -0.4 is 4.74 Å². The quantitative estimate of drug-likeness (QED) is 0.699. The SMILES string of the molecule is COc1c(O)cc(/C=C(/C#N)c2nc3ccccc3s2)cc1Cl. The molecule has 0 saturated carbocycles. The molecule has 6 heteroatoms. The lowest BCUT2D eigenvalue weighted by Gasteiger charge is -2.06. The average Bonchev–Trinajstić information content (AvgIpc) is 2.96. The van der Waals surface area contributed by atoms with Crippen LogP contribution in [0.5, 0.6) is 11.5 Å². The predicted molar refractivity (Wildman–Crippen MR) is 92.8 cm³/mol. The lowest BCUT2D eigenvalue weighted by molar-refractivity contribution is 0.373. The summed E-state index contributed by atoms with van der Waals surface area (Å²) in [7, 11) is 1.43. The van der Waals surface area contributed by atoms with Crippen molar-refractivity contribution in [1.82, 2.24) is 4.98 Å². The van der Waals surface area contributed by atoms with E-state index in [-0.39, 0.29) is 16.5 Å². The molecule has 3 rings (SSSR count). The van der Waals surface area contributed by atoms with Crippen molar-refractivity contribution >= 4 is 44.8 Å². The number of fused-ring (bicyclic) bond motifs is 1. The number of aromatic nitrogens is 1. The van der Waals surface area contributed by atoms with Crippen LogP contribution in [-0.2, 0) is 0 Å².